The Hall–Kier alpha value is -3.66. The third-order valence-electron chi connectivity index (χ3n) is 4.11. The van der Waals surface area contributed by atoms with Gasteiger partial charge in [-0.3, -0.25) is 29.4 Å². The highest BCUT2D eigenvalue weighted by Gasteiger charge is 2.36. The fourth-order valence-electron chi connectivity index (χ4n) is 2.70. The number of imide groups is 1. The van der Waals surface area contributed by atoms with E-state index in [0.29, 0.717) is 11.3 Å². The smallest absolute Gasteiger partial charge is 0.271 e. The van der Waals surface area contributed by atoms with Gasteiger partial charge in [-0.2, -0.15) is 0 Å². The summed E-state index contributed by atoms with van der Waals surface area (Å²) < 4.78 is 0. The number of nitrogens with one attached hydrogen (secondary N) is 2. The molecule has 0 atom stereocenters. The number of hydrogen-bond donors (Lipinski definition) is 2. The van der Waals surface area contributed by atoms with E-state index in [0.717, 1.165) is 4.90 Å². The Morgan fingerprint density at radius 2 is 1.75 bits per heavy atom. The lowest BCUT2D eigenvalue weighted by Crippen LogP contribution is -2.43. The first kappa shape index (κ1) is 19.1. The van der Waals surface area contributed by atoms with Gasteiger partial charge >= 0.3 is 0 Å². The third kappa shape index (κ3) is 3.71. The van der Waals surface area contributed by atoms with Gasteiger partial charge in [-0.05, 0) is 36.8 Å². The van der Waals surface area contributed by atoms with Crippen LogP contribution < -0.4 is 10.6 Å². The Labute approximate surface area is 164 Å². The van der Waals surface area contributed by atoms with Crippen LogP contribution in [0, 0.1) is 17.0 Å². The number of hydrogen-bond acceptors (Lipinski definition) is 6. The molecule has 2 aromatic carbocycles. The van der Waals surface area contributed by atoms with Gasteiger partial charge in [0.15, 0.2) is 5.11 Å². The Kier molecular flexibility index (Phi) is 5.14. The van der Waals surface area contributed by atoms with Gasteiger partial charge in [-0.25, -0.2) is 0 Å². The molecule has 1 aliphatic rings. The minimum absolute atomic E-state index is 0.106. The van der Waals surface area contributed by atoms with Gasteiger partial charge in [0, 0.05) is 17.8 Å². The summed E-state index contributed by atoms with van der Waals surface area (Å²) in [5, 5.41) is 15.8. The zero-order chi connectivity index (χ0) is 20.4. The van der Waals surface area contributed by atoms with E-state index in [1.165, 1.54) is 24.3 Å². The SMILES string of the molecule is Cc1ccc([N+](=O)[O-])cc1NC(=S)NC(=O)CN1C(=O)c2ccccc2C1=O. The van der Waals surface area contributed by atoms with Gasteiger partial charge in [0.25, 0.3) is 17.5 Å². The predicted molar refractivity (Wildman–Crippen MR) is 104 cm³/mol. The Balaban J connectivity index is 1.64. The Morgan fingerprint density at radius 3 is 2.32 bits per heavy atom. The second kappa shape index (κ2) is 7.53. The standard InChI is InChI=1S/C18H14N4O5S/c1-10-6-7-11(22(26)27)8-14(10)19-18(28)20-15(23)9-21-16(24)12-4-2-3-5-13(12)17(21)25/h2-8H,9H2,1H3,(H2,19,20,23,28). The van der Waals surface area contributed by atoms with Crippen LogP contribution in [0.1, 0.15) is 26.3 Å². The Morgan fingerprint density at radius 1 is 1.14 bits per heavy atom. The maximum atomic E-state index is 12.3. The van der Waals surface area contributed by atoms with Crippen LogP contribution in [0.25, 0.3) is 0 Å². The monoisotopic (exact) mass is 398 g/mol. The number of non-ortho nitro benzene ring substituents is 1. The third-order valence-corrected chi connectivity index (χ3v) is 4.32. The highest BCUT2D eigenvalue weighted by atomic mass is 32.1. The van der Waals surface area contributed by atoms with Crippen molar-refractivity contribution < 1.29 is 19.3 Å². The number of benzene rings is 2. The van der Waals surface area contributed by atoms with Crippen LogP contribution in [-0.4, -0.2) is 39.2 Å². The summed E-state index contributed by atoms with van der Waals surface area (Å²) in [5.74, 6) is -1.77. The molecule has 0 aromatic heterocycles. The molecule has 142 valence electrons. The average Bonchev–Trinajstić information content (AvgIpc) is 2.88. The Bertz CT molecular complexity index is 1000. The van der Waals surface area contributed by atoms with Gasteiger partial charge in [-0.15, -0.1) is 0 Å². The van der Waals surface area contributed by atoms with Crippen LogP contribution in [0.2, 0.25) is 0 Å². The molecular weight excluding hydrogens is 384 g/mol. The van der Waals surface area contributed by atoms with Gasteiger partial charge in [-0.1, -0.05) is 18.2 Å². The molecule has 3 amide bonds. The van der Waals surface area contributed by atoms with Gasteiger partial charge in [0.2, 0.25) is 5.91 Å². The number of thiocarbonyl (C=S) groups is 1. The first-order valence-electron chi connectivity index (χ1n) is 8.09. The maximum absolute atomic E-state index is 12.3. The van der Waals surface area contributed by atoms with E-state index in [-0.39, 0.29) is 21.9 Å². The molecule has 2 aromatic rings. The number of rotatable bonds is 4. The fourth-order valence-corrected chi connectivity index (χ4v) is 2.93. The molecule has 0 aliphatic carbocycles. The molecular formula is C18H14N4O5S. The zero-order valence-electron chi connectivity index (χ0n) is 14.6. The first-order chi connectivity index (χ1) is 13.3. The molecule has 0 radical (unpaired) electrons. The van der Waals surface area contributed by atoms with Crippen molar-refractivity contribution in [2.75, 3.05) is 11.9 Å². The molecule has 0 unspecified atom stereocenters. The highest BCUT2D eigenvalue weighted by Crippen LogP contribution is 2.23. The number of fused-ring (bicyclic) bond motifs is 1. The molecule has 1 aliphatic heterocycles. The lowest BCUT2D eigenvalue weighted by atomic mass is 10.1. The van der Waals surface area contributed by atoms with Crippen molar-refractivity contribution >= 4 is 46.4 Å². The van der Waals surface area contributed by atoms with Crippen molar-refractivity contribution in [3.63, 3.8) is 0 Å². The number of carbonyl (C=O) groups is 3. The van der Waals surface area contributed by atoms with E-state index in [1.807, 2.05) is 0 Å². The van der Waals surface area contributed by atoms with Crippen LogP contribution >= 0.6 is 12.2 Å². The van der Waals surface area contributed by atoms with E-state index in [1.54, 1.807) is 25.1 Å². The molecule has 0 bridgehead atoms. The average molecular weight is 398 g/mol. The predicted octanol–water partition coefficient (Wildman–Crippen LogP) is 2.01. The number of aryl methyl sites for hydroxylation is 1. The molecule has 0 saturated carbocycles. The molecule has 10 heteroatoms. The van der Waals surface area contributed by atoms with Crippen LogP contribution in [-0.2, 0) is 4.79 Å². The summed E-state index contributed by atoms with van der Waals surface area (Å²) >= 11 is 5.05. The van der Waals surface area contributed by atoms with E-state index >= 15 is 0 Å². The second-order valence-electron chi connectivity index (χ2n) is 6.00. The number of anilines is 1. The lowest BCUT2D eigenvalue weighted by molar-refractivity contribution is -0.384. The van der Waals surface area contributed by atoms with Crippen molar-refractivity contribution in [3.05, 3.63) is 69.3 Å². The summed E-state index contributed by atoms with van der Waals surface area (Å²) in [7, 11) is 0. The summed E-state index contributed by atoms with van der Waals surface area (Å²) in [4.78, 5) is 47.9. The van der Waals surface area contributed by atoms with Crippen molar-refractivity contribution in [2.45, 2.75) is 6.92 Å². The minimum Gasteiger partial charge on any atom is -0.332 e. The zero-order valence-corrected chi connectivity index (χ0v) is 15.4. The van der Waals surface area contributed by atoms with E-state index < -0.39 is 29.2 Å². The number of nitro groups is 1. The van der Waals surface area contributed by atoms with Gasteiger partial charge in [0.1, 0.15) is 6.54 Å². The highest BCUT2D eigenvalue weighted by molar-refractivity contribution is 7.80. The summed E-state index contributed by atoms with van der Waals surface area (Å²) in [6.07, 6.45) is 0. The van der Waals surface area contributed by atoms with Crippen LogP contribution in [0.5, 0.6) is 0 Å². The van der Waals surface area contributed by atoms with Gasteiger partial charge in [0.05, 0.1) is 16.1 Å². The second-order valence-corrected chi connectivity index (χ2v) is 6.41. The fraction of sp³-hybridized carbons (Fsp3) is 0.111. The largest absolute Gasteiger partial charge is 0.332 e. The maximum Gasteiger partial charge on any atom is 0.271 e. The van der Waals surface area contributed by atoms with Crippen molar-refractivity contribution in [1.82, 2.24) is 10.2 Å². The summed E-state index contributed by atoms with van der Waals surface area (Å²) in [5.41, 5.74) is 1.40. The number of nitrogens with zero attached hydrogens (tertiary/aromatic N) is 2. The topological polar surface area (TPSA) is 122 Å². The van der Waals surface area contributed by atoms with E-state index in [9.17, 15) is 24.5 Å². The molecule has 9 nitrogen and oxygen atoms in total. The van der Waals surface area contributed by atoms with E-state index in [2.05, 4.69) is 10.6 Å². The first-order valence-corrected chi connectivity index (χ1v) is 8.50. The summed E-state index contributed by atoms with van der Waals surface area (Å²) in [6, 6.07) is 10.5. The van der Waals surface area contributed by atoms with E-state index in [4.69, 9.17) is 12.2 Å². The van der Waals surface area contributed by atoms with Crippen LogP contribution in [0.15, 0.2) is 42.5 Å². The van der Waals surface area contributed by atoms with Gasteiger partial charge < -0.3 is 10.6 Å². The number of amides is 3. The molecule has 3 rings (SSSR count). The van der Waals surface area contributed by atoms with Crippen LogP contribution in [0.3, 0.4) is 0 Å². The molecule has 2 N–H and O–H groups in total. The molecule has 0 spiro atoms. The van der Waals surface area contributed by atoms with Crippen molar-refractivity contribution in [3.8, 4) is 0 Å². The van der Waals surface area contributed by atoms with Crippen molar-refractivity contribution in [1.29, 1.82) is 0 Å². The van der Waals surface area contributed by atoms with Crippen LogP contribution in [0.4, 0.5) is 11.4 Å². The molecule has 0 fully saturated rings. The molecule has 1 heterocycles. The molecule has 0 saturated heterocycles. The van der Waals surface area contributed by atoms with Crippen molar-refractivity contribution in [2.24, 2.45) is 0 Å². The number of carbonyl (C=O) groups excluding carboxylic acids is 3. The quantitative estimate of drug-likeness (QED) is 0.350. The minimum atomic E-state index is -0.671. The lowest BCUT2D eigenvalue weighted by Gasteiger charge is -2.15. The normalized spacial score (nSPS) is 12.5. The molecule has 28 heavy (non-hydrogen) atoms. The summed E-state index contributed by atoms with van der Waals surface area (Å²) in [6.45, 7) is 1.22. The number of nitro benzene ring substituents is 1.